The minimum atomic E-state index is -0.335. The lowest BCUT2D eigenvalue weighted by Gasteiger charge is -2.11. The maximum atomic E-state index is 12.7. The van der Waals surface area contributed by atoms with Gasteiger partial charge in [-0.3, -0.25) is 10.1 Å². The van der Waals surface area contributed by atoms with Crippen LogP contribution in [0.1, 0.15) is 17.3 Å². The monoisotopic (exact) mass is 358 g/mol. The Bertz CT molecular complexity index is 885. The SMILES string of the molecule is CCOc1ccc2nc(NC(=O)c3c(OC)cccc3OC)sc2c1. The van der Waals surface area contributed by atoms with Gasteiger partial charge < -0.3 is 14.2 Å². The van der Waals surface area contributed by atoms with Gasteiger partial charge in [0.1, 0.15) is 22.8 Å². The predicted molar refractivity (Wildman–Crippen MR) is 98.3 cm³/mol. The molecule has 0 radical (unpaired) electrons. The highest BCUT2D eigenvalue weighted by molar-refractivity contribution is 7.22. The van der Waals surface area contributed by atoms with Crippen molar-refractivity contribution in [3.63, 3.8) is 0 Å². The van der Waals surface area contributed by atoms with E-state index in [2.05, 4.69) is 10.3 Å². The van der Waals surface area contributed by atoms with Crippen LogP contribution in [0, 0.1) is 0 Å². The third-order valence-corrected chi connectivity index (χ3v) is 4.48. The number of ether oxygens (including phenoxy) is 3. The van der Waals surface area contributed by atoms with Gasteiger partial charge in [0, 0.05) is 0 Å². The molecule has 0 bridgehead atoms. The van der Waals surface area contributed by atoms with Gasteiger partial charge in [0.2, 0.25) is 0 Å². The van der Waals surface area contributed by atoms with Crippen molar-refractivity contribution in [1.29, 1.82) is 0 Å². The number of anilines is 1. The molecule has 25 heavy (non-hydrogen) atoms. The molecule has 7 heteroatoms. The third kappa shape index (κ3) is 3.51. The molecule has 1 amide bonds. The van der Waals surface area contributed by atoms with E-state index in [1.807, 2.05) is 25.1 Å². The van der Waals surface area contributed by atoms with E-state index in [1.165, 1.54) is 25.6 Å². The summed E-state index contributed by atoms with van der Waals surface area (Å²) in [5.74, 6) is 1.33. The van der Waals surface area contributed by atoms with Crippen LogP contribution in [0.2, 0.25) is 0 Å². The summed E-state index contributed by atoms with van der Waals surface area (Å²) in [5, 5.41) is 3.32. The van der Waals surface area contributed by atoms with Gasteiger partial charge in [0.15, 0.2) is 5.13 Å². The molecule has 1 N–H and O–H groups in total. The van der Waals surface area contributed by atoms with E-state index < -0.39 is 0 Å². The number of aromatic nitrogens is 1. The lowest BCUT2D eigenvalue weighted by atomic mass is 10.1. The number of rotatable bonds is 6. The summed E-state index contributed by atoms with van der Waals surface area (Å²) >= 11 is 1.38. The molecule has 0 aliphatic carbocycles. The first-order chi connectivity index (χ1) is 12.2. The van der Waals surface area contributed by atoms with Gasteiger partial charge in [-0.1, -0.05) is 17.4 Å². The number of carbonyl (C=O) groups is 1. The molecular formula is C18H18N2O4S. The zero-order valence-electron chi connectivity index (χ0n) is 14.2. The molecule has 1 aromatic heterocycles. The Labute approximate surface area is 149 Å². The number of carbonyl (C=O) groups excluding carboxylic acids is 1. The molecule has 0 saturated heterocycles. The van der Waals surface area contributed by atoms with E-state index in [9.17, 15) is 4.79 Å². The first-order valence-electron chi connectivity index (χ1n) is 7.72. The molecule has 3 aromatic rings. The molecule has 1 heterocycles. The van der Waals surface area contributed by atoms with Crippen LogP contribution >= 0.6 is 11.3 Å². The second-order valence-corrected chi connectivity index (χ2v) is 6.10. The van der Waals surface area contributed by atoms with E-state index in [0.29, 0.717) is 28.8 Å². The van der Waals surface area contributed by atoms with Crippen molar-refractivity contribution in [2.45, 2.75) is 6.92 Å². The predicted octanol–water partition coefficient (Wildman–Crippen LogP) is 3.96. The zero-order chi connectivity index (χ0) is 17.8. The van der Waals surface area contributed by atoms with Crippen LogP contribution in [0.15, 0.2) is 36.4 Å². The number of nitrogens with one attached hydrogen (secondary N) is 1. The van der Waals surface area contributed by atoms with Crippen LogP contribution < -0.4 is 19.5 Å². The number of benzene rings is 2. The molecular weight excluding hydrogens is 340 g/mol. The Hall–Kier alpha value is -2.80. The highest BCUT2D eigenvalue weighted by Gasteiger charge is 2.19. The first-order valence-corrected chi connectivity index (χ1v) is 8.53. The van der Waals surface area contributed by atoms with Crippen LogP contribution in [0.3, 0.4) is 0 Å². The van der Waals surface area contributed by atoms with E-state index >= 15 is 0 Å². The van der Waals surface area contributed by atoms with E-state index in [4.69, 9.17) is 14.2 Å². The van der Waals surface area contributed by atoms with E-state index in [0.717, 1.165) is 16.0 Å². The van der Waals surface area contributed by atoms with Crippen molar-refractivity contribution < 1.29 is 19.0 Å². The largest absolute Gasteiger partial charge is 0.496 e. The van der Waals surface area contributed by atoms with Gasteiger partial charge in [-0.15, -0.1) is 0 Å². The van der Waals surface area contributed by atoms with Crippen molar-refractivity contribution in [2.75, 3.05) is 26.1 Å². The average molecular weight is 358 g/mol. The maximum Gasteiger partial charge on any atom is 0.265 e. The summed E-state index contributed by atoms with van der Waals surface area (Å²) in [6, 6.07) is 10.8. The molecule has 0 aliphatic heterocycles. The van der Waals surface area contributed by atoms with Gasteiger partial charge >= 0.3 is 0 Å². The summed E-state index contributed by atoms with van der Waals surface area (Å²) in [6.45, 7) is 2.53. The number of nitrogens with zero attached hydrogens (tertiary/aromatic N) is 1. The van der Waals surface area contributed by atoms with Gasteiger partial charge in [-0.05, 0) is 37.3 Å². The number of hydrogen-bond donors (Lipinski definition) is 1. The fraction of sp³-hybridized carbons (Fsp3) is 0.222. The Morgan fingerprint density at radius 3 is 2.52 bits per heavy atom. The minimum absolute atomic E-state index is 0.335. The number of hydrogen-bond acceptors (Lipinski definition) is 6. The zero-order valence-corrected chi connectivity index (χ0v) is 15.0. The Morgan fingerprint density at radius 2 is 1.88 bits per heavy atom. The molecule has 0 saturated carbocycles. The van der Waals surface area contributed by atoms with E-state index in [1.54, 1.807) is 18.2 Å². The highest BCUT2D eigenvalue weighted by atomic mass is 32.1. The molecule has 0 aliphatic rings. The lowest BCUT2D eigenvalue weighted by molar-refractivity contribution is 0.102. The van der Waals surface area contributed by atoms with Crippen LogP contribution in [-0.4, -0.2) is 31.7 Å². The van der Waals surface area contributed by atoms with Crippen molar-refractivity contribution in [3.05, 3.63) is 42.0 Å². The summed E-state index contributed by atoms with van der Waals surface area (Å²) in [4.78, 5) is 17.1. The first kappa shape index (κ1) is 17.0. The molecule has 6 nitrogen and oxygen atoms in total. The summed E-state index contributed by atoms with van der Waals surface area (Å²) < 4.78 is 17.0. The van der Waals surface area contributed by atoms with Crippen molar-refractivity contribution in [1.82, 2.24) is 4.98 Å². The lowest BCUT2D eigenvalue weighted by Crippen LogP contribution is -2.14. The van der Waals surface area contributed by atoms with Gasteiger partial charge in [-0.25, -0.2) is 4.98 Å². The van der Waals surface area contributed by atoms with Gasteiger partial charge in [0.25, 0.3) is 5.91 Å². The highest BCUT2D eigenvalue weighted by Crippen LogP contribution is 2.32. The molecule has 2 aromatic carbocycles. The third-order valence-electron chi connectivity index (χ3n) is 3.55. The second-order valence-electron chi connectivity index (χ2n) is 5.07. The molecule has 0 fully saturated rings. The molecule has 0 atom stereocenters. The maximum absolute atomic E-state index is 12.7. The van der Waals surface area contributed by atoms with Crippen molar-refractivity contribution in [3.8, 4) is 17.2 Å². The molecule has 0 unspecified atom stereocenters. The quantitative estimate of drug-likeness (QED) is 0.722. The van der Waals surface area contributed by atoms with Crippen molar-refractivity contribution >= 4 is 32.6 Å². The van der Waals surface area contributed by atoms with Crippen LogP contribution in [0.4, 0.5) is 5.13 Å². The number of amides is 1. The number of thiazole rings is 1. The van der Waals surface area contributed by atoms with Crippen LogP contribution in [-0.2, 0) is 0 Å². The fourth-order valence-corrected chi connectivity index (χ4v) is 3.34. The Kier molecular flexibility index (Phi) is 5.04. The summed E-state index contributed by atoms with van der Waals surface area (Å²) in [7, 11) is 3.02. The molecule has 0 spiro atoms. The number of fused-ring (bicyclic) bond motifs is 1. The van der Waals surface area contributed by atoms with Crippen LogP contribution in [0.5, 0.6) is 17.2 Å². The van der Waals surface area contributed by atoms with Gasteiger partial charge in [0.05, 0.1) is 31.0 Å². The standard InChI is InChI=1S/C18H18N2O4S/c1-4-24-11-8-9-12-15(10-11)25-18(19-12)20-17(21)16-13(22-2)6-5-7-14(16)23-3/h5-10H,4H2,1-3H3,(H,19,20,21). The smallest absolute Gasteiger partial charge is 0.265 e. The fourth-order valence-electron chi connectivity index (χ4n) is 2.45. The van der Waals surface area contributed by atoms with Crippen molar-refractivity contribution in [2.24, 2.45) is 0 Å². The Balaban J connectivity index is 1.90. The average Bonchev–Trinajstić information content (AvgIpc) is 3.02. The minimum Gasteiger partial charge on any atom is -0.496 e. The number of methoxy groups -OCH3 is 2. The summed E-state index contributed by atoms with van der Waals surface area (Å²) in [6.07, 6.45) is 0. The topological polar surface area (TPSA) is 69.7 Å². The van der Waals surface area contributed by atoms with Gasteiger partial charge in [-0.2, -0.15) is 0 Å². The summed E-state index contributed by atoms with van der Waals surface area (Å²) in [5.41, 5.74) is 1.14. The van der Waals surface area contributed by atoms with E-state index in [-0.39, 0.29) is 5.91 Å². The molecule has 130 valence electrons. The van der Waals surface area contributed by atoms with Crippen LogP contribution in [0.25, 0.3) is 10.2 Å². The second kappa shape index (κ2) is 7.40. The Morgan fingerprint density at radius 1 is 1.16 bits per heavy atom. The normalized spacial score (nSPS) is 10.5. The molecule has 3 rings (SSSR count).